The smallest absolute Gasteiger partial charge is 0.490 e. The standard InChI is InChI=1S/C19H24F3N5O3.C2HF3O2/c1-28-9-2-3-10-29-15-7-6-12(11-13(15)19(20,21)22)16-25-17(30-26-16)14-5-4-8-27(14)18(23)24;3-2(4,5)1(6)7/h6-7,11,14H,2-5,8-10H2,1H3,(H3,23,24);(H,6,7). The lowest BCUT2D eigenvalue weighted by Crippen LogP contribution is -2.35. The average Bonchev–Trinajstić information content (AvgIpc) is 3.48. The number of carboxylic acid groups (broad SMARTS) is 1. The highest BCUT2D eigenvalue weighted by Gasteiger charge is 2.38. The predicted molar refractivity (Wildman–Crippen MR) is 116 cm³/mol. The van der Waals surface area contributed by atoms with Crippen LogP contribution in [0.3, 0.4) is 0 Å². The number of guanidine groups is 1. The summed E-state index contributed by atoms with van der Waals surface area (Å²) in [6, 6.07) is 3.34. The zero-order chi connectivity index (χ0) is 27.8. The molecule has 1 fully saturated rings. The van der Waals surface area contributed by atoms with Gasteiger partial charge in [0.2, 0.25) is 11.7 Å². The van der Waals surface area contributed by atoms with E-state index in [9.17, 15) is 26.3 Å². The maximum atomic E-state index is 13.6. The molecule has 1 saturated heterocycles. The van der Waals surface area contributed by atoms with Crippen LogP contribution in [0.25, 0.3) is 11.4 Å². The largest absolute Gasteiger partial charge is 0.493 e. The van der Waals surface area contributed by atoms with Gasteiger partial charge in [-0.2, -0.15) is 31.3 Å². The number of methoxy groups -OCH3 is 1. The summed E-state index contributed by atoms with van der Waals surface area (Å²) >= 11 is 0. The van der Waals surface area contributed by atoms with Crippen LogP contribution in [0.1, 0.15) is 43.2 Å². The third kappa shape index (κ3) is 8.51. The first kappa shape index (κ1) is 29.7. The van der Waals surface area contributed by atoms with E-state index in [1.165, 1.54) is 12.1 Å². The van der Waals surface area contributed by atoms with E-state index in [0.717, 1.165) is 12.5 Å². The van der Waals surface area contributed by atoms with Crippen LogP contribution >= 0.6 is 0 Å². The van der Waals surface area contributed by atoms with Gasteiger partial charge >= 0.3 is 18.3 Å². The number of halogens is 6. The molecule has 2 heterocycles. The SMILES string of the molecule is COCCCCOc1ccc(-c2noc(C3CCCN3C(=N)N)n2)cc1C(F)(F)F.O=C(O)C(F)(F)F. The van der Waals surface area contributed by atoms with Crippen molar-refractivity contribution in [1.82, 2.24) is 15.0 Å². The second-order valence-corrected chi connectivity index (χ2v) is 7.75. The van der Waals surface area contributed by atoms with Gasteiger partial charge in [0.15, 0.2) is 5.96 Å². The van der Waals surface area contributed by atoms with Crippen molar-refractivity contribution in [2.45, 2.75) is 44.1 Å². The predicted octanol–water partition coefficient (Wildman–Crippen LogP) is 4.22. The molecule has 0 spiro atoms. The van der Waals surface area contributed by atoms with E-state index in [0.29, 0.717) is 32.4 Å². The highest BCUT2D eigenvalue weighted by Crippen LogP contribution is 2.39. The number of ether oxygens (including phenoxy) is 2. The molecule has 10 nitrogen and oxygen atoms in total. The fourth-order valence-corrected chi connectivity index (χ4v) is 3.35. The maximum Gasteiger partial charge on any atom is 0.490 e. The van der Waals surface area contributed by atoms with Crippen LogP contribution in [0.4, 0.5) is 26.3 Å². The number of aliphatic carboxylic acids is 1. The van der Waals surface area contributed by atoms with E-state index >= 15 is 0 Å². The fraction of sp³-hybridized carbons (Fsp3) is 0.524. The molecule has 1 aromatic carbocycles. The number of benzene rings is 1. The van der Waals surface area contributed by atoms with Crippen LogP contribution < -0.4 is 10.5 Å². The Labute approximate surface area is 206 Å². The molecule has 0 bridgehead atoms. The zero-order valence-electron chi connectivity index (χ0n) is 19.5. The molecule has 1 aromatic heterocycles. The van der Waals surface area contributed by atoms with Gasteiger partial charge in [-0.1, -0.05) is 5.16 Å². The molecule has 0 saturated carbocycles. The molecule has 1 aliphatic heterocycles. The molecular weight excluding hydrogens is 516 g/mol. The van der Waals surface area contributed by atoms with E-state index in [1.54, 1.807) is 12.0 Å². The summed E-state index contributed by atoms with van der Waals surface area (Å²) in [4.78, 5) is 14.8. The number of nitrogens with one attached hydrogen (secondary N) is 1. The van der Waals surface area contributed by atoms with E-state index in [2.05, 4.69) is 10.1 Å². The van der Waals surface area contributed by atoms with E-state index in [4.69, 9.17) is 35.0 Å². The number of aromatic nitrogens is 2. The van der Waals surface area contributed by atoms with Gasteiger partial charge in [0.25, 0.3) is 0 Å². The van der Waals surface area contributed by atoms with Crippen LogP contribution in [0, 0.1) is 5.41 Å². The lowest BCUT2D eigenvalue weighted by molar-refractivity contribution is -0.192. The third-order valence-electron chi connectivity index (χ3n) is 5.08. The van der Waals surface area contributed by atoms with Crippen LogP contribution in [-0.2, 0) is 15.7 Å². The molecule has 1 atom stereocenters. The number of unbranched alkanes of at least 4 members (excludes halogenated alkanes) is 1. The van der Waals surface area contributed by atoms with Crippen molar-refractivity contribution < 1.29 is 50.2 Å². The summed E-state index contributed by atoms with van der Waals surface area (Å²) in [5.41, 5.74) is 4.83. The van der Waals surface area contributed by atoms with Gasteiger partial charge in [-0.3, -0.25) is 5.41 Å². The Morgan fingerprint density at radius 1 is 1.24 bits per heavy atom. The average molecular weight is 541 g/mol. The lowest BCUT2D eigenvalue weighted by atomic mass is 10.1. The van der Waals surface area contributed by atoms with Crippen molar-refractivity contribution >= 4 is 11.9 Å². The molecule has 0 amide bonds. The first-order valence-corrected chi connectivity index (χ1v) is 10.8. The molecule has 1 unspecified atom stereocenters. The summed E-state index contributed by atoms with van der Waals surface area (Å²) < 4.78 is 87.9. The van der Waals surface area contributed by atoms with Gasteiger partial charge in [-0.25, -0.2) is 4.79 Å². The molecule has 0 radical (unpaired) electrons. The quantitative estimate of drug-likeness (QED) is 0.193. The third-order valence-corrected chi connectivity index (χ3v) is 5.08. The molecule has 16 heteroatoms. The normalized spacial score (nSPS) is 15.8. The van der Waals surface area contributed by atoms with Crippen molar-refractivity contribution in [2.75, 3.05) is 26.9 Å². The molecule has 0 aliphatic carbocycles. The Balaban J connectivity index is 0.000000604. The minimum absolute atomic E-state index is 0.0394. The number of carboxylic acids is 1. The lowest BCUT2D eigenvalue weighted by Gasteiger charge is -2.21. The Morgan fingerprint density at radius 2 is 1.89 bits per heavy atom. The minimum Gasteiger partial charge on any atom is -0.493 e. The van der Waals surface area contributed by atoms with Crippen molar-refractivity contribution in [3.63, 3.8) is 0 Å². The van der Waals surface area contributed by atoms with Crippen LogP contribution in [0.15, 0.2) is 22.7 Å². The maximum absolute atomic E-state index is 13.6. The van der Waals surface area contributed by atoms with E-state index in [1.807, 2.05) is 0 Å². The number of carbonyl (C=O) groups is 1. The molecule has 4 N–H and O–H groups in total. The van der Waals surface area contributed by atoms with Gasteiger partial charge < -0.3 is 29.7 Å². The first-order valence-electron chi connectivity index (χ1n) is 10.8. The number of hydrogen-bond acceptors (Lipinski definition) is 7. The molecule has 2 aromatic rings. The number of rotatable bonds is 8. The number of alkyl halides is 6. The summed E-state index contributed by atoms with van der Waals surface area (Å²) in [7, 11) is 1.56. The van der Waals surface area contributed by atoms with Gasteiger partial charge in [0.05, 0.1) is 12.2 Å². The van der Waals surface area contributed by atoms with Crippen molar-refractivity contribution in [3.8, 4) is 17.1 Å². The molecule has 37 heavy (non-hydrogen) atoms. The van der Waals surface area contributed by atoms with Crippen LogP contribution in [0.2, 0.25) is 0 Å². The van der Waals surface area contributed by atoms with Crippen molar-refractivity contribution in [1.29, 1.82) is 5.41 Å². The van der Waals surface area contributed by atoms with Gasteiger partial charge in [-0.15, -0.1) is 0 Å². The zero-order valence-corrected chi connectivity index (χ0v) is 19.5. The van der Waals surface area contributed by atoms with E-state index < -0.39 is 23.9 Å². The van der Waals surface area contributed by atoms with Crippen molar-refractivity contribution in [2.24, 2.45) is 5.73 Å². The highest BCUT2D eigenvalue weighted by molar-refractivity contribution is 5.75. The Bertz CT molecular complexity index is 1060. The monoisotopic (exact) mass is 541 g/mol. The number of likely N-dealkylation sites (tertiary alicyclic amines) is 1. The Kier molecular flexibility index (Phi) is 10.1. The second kappa shape index (κ2) is 12.6. The highest BCUT2D eigenvalue weighted by atomic mass is 19.4. The number of hydrogen-bond donors (Lipinski definition) is 3. The van der Waals surface area contributed by atoms with Gasteiger partial charge in [0, 0.05) is 25.8 Å². The molecule has 1 aliphatic rings. The second-order valence-electron chi connectivity index (χ2n) is 7.75. The van der Waals surface area contributed by atoms with Gasteiger partial charge in [-0.05, 0) is 43.9 Å². The number of nitrogens with two attached hydrogens (primary N) is 1. The molecule has 3 rings (SSSR count). The van der Waals surface area contributed by atoms with Gasteiger partial charge in [0.1, 0.15) is 11.8 Å². The Morgan fingerprint density at radius 3 is 2.46 bits per heavy atom. The first-order chi connectivity index (χ1) is 17.3. The summed E-state index contributed by atoms with van der Waals surface area (Å²) in [6.45, 7) is 1.27. The summed E-state index contributed by atoms with van der Waals surface area (Å²) in [5.74, 6) is -2.84. The summed E-state index contributed by atoms with van der Waals surface area (Å²) in [6.07, 6.45) is -6.93. The minimum atomic E-state index is -5.08. The van der Waals surface area contributed by atoms with Crippen LogP contribution in [0.5, 0.6) is 5.75 Å². The fourth-order valence-electron chi connectivity index (χ4n) is 3.35. The molecule has 206 valence electrons. The molecular formula is C21H25F6N5O5. The topological polar surface area (TPSA) is 148 Å². The number of nitrogens with zero attached hydrogens (tertiary/aromatic N) is 3. The van der Waals surface area contributed by atoms with Crippen molar-refractivity contribution in [3.05, 3.63) is 29.7 Å². The Hall–Kier alpha value is -3.56. The van der Waals surface area contributed by atoms with E-state index in [-0.39, 0.29) is 41.6 Å². The van der Waals surface area contributed by atoms with Crippen LogP contribution in [-0.4, -0.2) is 65.1 Å². The summed E-state index contributed by atoms with van der Waals surface area (Å²) in [5, 5.41) is 18.6.